The van der Waals surface area contributed by atoms with E-state index in [0.29, 0.717) is 6.42 Å². The van der Waals surface area contributed by atoms with Crippen molar-refractivity contribution in [3.05, 3.63) is 29.3 Å². The van der Waals surface area contributed by atoms with E-state index >= 15 is 0 Å². The Kier molecular flexibility index (Phi) is 6.17. The number of nitrogens with zero attached hydrogens (tertiary/aromatic N) is 1. The quantitative estimate of drug-likeness (QED) is 0.664. The molecule has 0 fully saturated rings. The predicted molar refractivity (Wildman–Crippen MR) is 70.1 cm³/mol. The van der Waals surface area contributed by atoms with E-state index in [-0.39, 0.29) is 0 Å². The molecule has 0 aliphatic heterocycles. The minimum absolute atomic E-state index is 0.421. The highest BCUT2D eigenvalue weighted by molar-refractivity contribution is 5.38. The van der Waals surface area contributed by atoms with Crippen molar-refractivity contribution in [3.63, 3.8) is 0 Å². The fourth-order valence-electron chi connectivity index (χ4n) is 1.74. The van der Waals surface area contributed by atoms with Crippen LogP contribution >= 0.6 is 0 Å². The van der Waals surface area contributed by atoms with Crippen molar-refractivity contribution in [2.75, 3.05) is 6.61 Å². The van der Waals surface area contributed by atoms with Gasteiger partial charge in [-0.1, -0.05) is 38.3 Å². The summed E-state index contributed by atoms with van der Waals surface area (Å²) in [6.45, 7) is 4.99. The van der Waals surface area contributed by atoms with Crippen molar-refractivity contribution >= 4 is 0 Å². The van der Waals surface area contributed by atoms with Crippen LogP contribution in [-0.4, -0.2) is 6.61 Å². The van der Waals surface area contributed by atoms with E-state index < -0.39 is 0 Å². The molecule has 0 atom stereocenters. The van der Waals surface area contributed by atoms with Crippen molar-refractivity contribution in [3.8, 4) is 11.8 Å². The summed E-state index contributed by atoms with van der Waals surface area (Å²) in [5, 5.41) is 8.75. The molecule has 0 N–H and O–H groups in total. The van der Waals surface area contributed by atoms with Crippen LogP contribution in [0.15, 0.2) is 18.2 Å². The van der Waals surface area contributed by atoms with Gasteiger partial charge in [0.2, 0.25) is 0 Å². The largest absolute Gasteiger partial charge is 0.493 e. The molecule has 0 saturated carbocycles. The average Bonchev–Trinajstić information content (AvgIpc) is 2.32. The molecule has 0 amide bonds. The maximum Gasteiger partial charge on any atom is 0.123 e. The van der Waals surface area contributed by atoms with Crippen molar-refractivity contribution in [1.29, 1.82) is 5.26 Å². The number of hydrogen-bond acceptors (Lipinski definition) is 2. The first-order valence-electron chi connectivity index (χ1n) is 6.37. The van der Waals surface area contributed by atoms with Crippen LogP contribution in [0.2, 0.25) is 0 Å². The molecule has 17 heavy (non-hydrogen) atoms. The van der Waals surface area contributed by atoms with Crippen molar-refractivity contribution in [1.82, 2.24) is 0 Å². The van der Waals surface area contributed by atoms with E-state index in [1.54, 1.807) is 0 Å². The normalized spacial score (nSPS) is 9.94. The number of benzene rings is 1. The van der Waals surface area contributed by atoms with Crippen LogP contribution < -0.4 is 4.74 Å². The molecule has 0 aliphatic rings. The van der Waals surface area contributed by atoms with Gasteiger partial charge in [-0.3, -0.25) is 0 Å². The third-order valence-corrected chi connectivity index (χ3v) is 2.75. The molecule has 0 saturated heterocycles. The Morgan fingerprint density at radius 3 is 2.76 bits per heavy atom. The Bertz CT molecular complexity index is 379. The van der Waals surface area contributed by atoms with Gasteiger partial charge in [0.05, 0.1) is 19.1 Å². The van der Waals surface area contributed by atoms with Gasteiger partial charge in [-0.2, -0.15) is 5.26 Å². The highest BCUT2D eigenvalue weighted by Crippen LogP contribution is 2.21. The number of ether oxygens (including phenoxy) is 1. The third kappa shape index (κ3) is 4.91. The lowest BCUT2D eigenvalue weighted by atomic mass is 10.1. The molecule has 0 aliphatic carbocycles. The Balaban J connectivity index is 2.50. The van der Waals surface area contributed by atoms with Gasteiger partial charge in [-0.25, -0.2) is 0 Å². The summed E-state index contributed by atoms with van der Waals surface area (Å²) in [4.78, 5) is 0. The SMILES string of the molecule is CCCCCCOc1cc(C)ccc1CC#N. The molecule has 2 heteroatoms. The van der Waals surface area contributed by atoms with Gasteiger partial charge in [0.1, 0.15) is 5.75 Å². The number of nitriles is 1. The number of hydrogen-bond donors (Lipinski definition) is 0. The van der Waals surface area contributed by atoms with Crippen molar-refractivity contribution in [2.45, 2.75) is 46.0 Å². The van der Waals surface area contributed by atoms with Gasteiger partial charge < -0.3 is 4.74 Å². The van der Waals surface area contributed by atoms with E-state index in [2.05, 4.69) is 13.0 Å². The topological polar surface area (TPSA) is 33.0 Å². The molecule has 92 valence electrons. The Labute approximate surface area is 104 Å². The van der Waals surface area contributed by atoms with E-state index in [4.69, 9.17) is 10.00 Å². The molecule has 1 aromatic carbocycles. The number of rotatable bonds is 7. The van der Waals surface area contributed by atoms with Crippen LogP contribution in [0.4, 0.5) is 0 Å². The standard InChI is InChI=1S/C15H21NO/c1-3-4-5-6-11-17-15-12-13(2)7-8-14(15)9-10-16/h7-8,12H,3-6,9,11H2,1-2H3. The summed E-state index contributed by atoms with van der Waals surface area (Å²) < 4.78 is 5.77. The number of unbranched alkanes of at least 4 members (excludes halogenated alkanes) is 3. The van der Waals surface area contributed by atoms with Crippen LogP contribution in [0.3, 0.4) is 0 Å². The maximum atomic E-state index is 8.75. The first-order chi connectivity index (χ1) is 8.27. The smallest absolute Gasteiger partial charge is 0.123 e. The second-order valence-electron chi connectivity index (χ2n) is 4.36. The predicted octanol–water partition coefficient (Wildman–Crippen LogP) is 4.02. The van der Waals surface area contributed by atoms with Gasteiger partial charge in [-0.05, 0) is 25.0 Å². The van der Waals surface area contributed by atoms with Crippen molar-refractivity contribution in [2.24, 2.45) is 0 Å². The lowest BCUT2D eigenvalue weighted by molar-refractivity contribution is 0.302. The molecule has 1 rings (SSSR count). The second-order valence-corrected chi connectivity index (χ2v) is 4.36. The van der Waals surface area contributed by atoms with Crippen LogP contribution in [-0.2, 0) is 6.42 Å². The summed E-state index contributed by atoms with van der Waals surface area (Å²) in [5.41, 5.74) is 2.17. The third-order valence-electron chi connectivity index (χ3n) is 2.75. The van der Waals surface area contributed by atoms with E-state index in [9.17, 15) is 0 Å². The molecular weight excluding hydrogens is 210 g/mol. The van der Waals surface area contributed by atoms with Crippen LogP contribution in [0.25, 0.3) is 0 Å². The van der Waals surface area contributed by atoms with Crippen LogP contribution in [0.1, 0.15) is 43.7 Å². The lowest BCUT2D eigenvalue weighted by Gasteiger charge is -2.10. The minimum atomic E-state index is 0.421. The van der Waals surface area contributed by atoms with E-state index in [1.165, 1.54) is 24.8 Å². The summed E-state index contributed by atoms with van der Waals surface area (Å²) in [7, 11) is 0. The number of aryl methyl sites for hydroxylation is 1. The molecule has 0 radical (unpaired) electrons. The van der Waals surface area contributed by atoms with E-state index in [0.717, 1.165) is 24.3 Å². The molecule has 0 spiro atoms. The molecule has 0 bridgehead atoms. The van der Waals surface area contributed by atoms with Crippen LogP contribution in [0, 0.1) is 18.3 Å². The average molecular weight is 231 g/mol. The maximum absolute atomic E-state index is 8.75. The zero-order chi connectivity index (χ0) is 12.5. The van der Waals surface area contributed by atoms with E-state index in [1.807, 2.05) is 25.1 Å². The summed E-state index contributed by atoms with van der Waals surface area (Å²) in [6, 6.07) is 8.21. The highest BCUT2D eigenvalue weighted by atomic mass is 16.5. The monoisotopic (exact) mass is 231 g/mol. The minimum Gasteiger partial charge on any atom is -0.493 e. The van der Waals surface area contributed by atoms with Crippen molar-refractivity contribution < 1.29 is 4.74 Å². The first kappa shape index (κ1) is 13.6. The lowest BCUT2D eigenvalue weighted by Crippen LogP contribution is -2.00. The Hall–Kier alpha value is -1.49. The fourth-order valence-corrected chi connectivity index (χ4v) is 1.74. The molecule has 0 unspecified atom stereocenters. The summed E-state index contributed by atoms with van der Waals surface area (Å²) in [6.07, 6.45) is 5.24. The second kappa shape index (κ2) is 7.73. The molecule has 2 nitrogen and oxygen atoms in total. The first-order valence-corrected chi connectivity index (χ1v) is 6.37. The van der Waals surface area contributed by atoms with Gasteiger partial charge in [0.15, 0.2) is 0 Å². The molecule has 1 aromatic rings. The fraction of sp³-hybridized carbons (Fsp3) is 0.533. The zero-order valence-corrected chi connectivity index (χ0v) is 10.8. The highest BCUT2D eigenvalue weighted by Gasteiger charge is 2.03. The van der Waals surface area contributed by atoms with Gasteiger partial charge >= 0.3 is 0 Å². The zero-order valence-electron chi connectivity index (χ0n) is 10.8. The molecule has 0 heterocycles. The van der Waals surface area contributed by atoms with Gasteiger partial charge in [0.25, 0.3) is 0 Å². The van der Waals surface area contributed by atoms with Gasteiger partial charge in [-0.15, -0.1) is 0 Å². The Morgan fingerprint density at radius 1 is 1.24 bits per heavy atom. The molecule has 0 aromatic heterocycles. The Morgan fingerprint density at radius 2 is 2.06 bits per heavy atom. The molecular formula is C15H21NO. The summed E-state index contributed by atoms with van der Waals surface area (Å²) >= 11 is 0. The summed E-state index contributed by atoms with van der Waals surface area (Å²) in [5.74, 6) is 0.878. The van der Waals surface area contributed by atoms with Gasteiger partial charge in [0, 0.05) is 5.56 Å². The van der Waals surface area contributed by atoms with Crippen LogP contribution in [0.5, 0.6) is 5.75 Å².